The van der Waals surface area contributed by atoms with Crippen molar-refractivity contribution in [3.63, 3.8) is 0 Å². The normalized spacial score (nSPS) is 36.2. The van der Waals surface area contributed by atoms with E-state index in [1.807, 2.05) is 0 Å². The molecule has 116 valence electrons. The number of ether oxygens (including phenoxy) is 2. The summed E-state index contributed by atoms with van der Waals surface area (Å²) in [7, 11) is 0. The fraction of sp³-hybridized carbons (Fsp3) is 0.400. The second-order valence-electron chi connectivity index (χ2n) is 5.69. The molecule has 1 saturated carbocycles. The van der Waals surface area contributed by atoms with Gasteiger partial charge in [-0.05, 0) is 11.6 Å². The van der Waals surface area contributed by atoms with Crippen molar-refractivity contribution in [2.75, 3.05) is 13.2 Å². The third-order valence-electron chi connectivity index (χ3n) is 4.90. The molecule has 8 heteroatoms. The Morgan fingerprint density at radius 3 is 2.52 bits per heavy atom. The summed E-state index contributed by atoms with van der Waals surface area (Å²) >= 11 is 12.4. The smallest absolute Gasteiger partial charge is 0.293 e. The molecule has 1 spiro atoms. The van der Waals surface area contributed by atoms with Crippen LogP contribution in [0.25, 0.3) is 0 Å². The Labute approximate surface area is 142 Å². The van der Waals surface area contributed by atoms with Crippen LogP contribution < -0.4 is 5.73 Å². The lowest BCUT2D eigenvalue weighted by Gasteiger charge is -2.26. The lowest BCUT2D eigenvalue weighted by Crippen LogP contribution is -2.38. The number of nitrogens with zero attached hydrogens (tertiary/aromatic N) is 3. The van der Waals surface area contributed by atoms with Crippen LogP contribution in [0.4, 0.5) is 0 Å². The Kier molecular flexibility index (Phi) is 2.80. The van der Waals surface area contributed by atoms with Gasteiger partial charge in [-0.15, -0.1) is 0 Å². The number of aliphatic imine (C=N–C) groups is 1. The summed E-state index contributed by atoms with van der Waals surface area (Å²) in [5, 5.41) is 20.4. The standard InChI is InChI=1S/C15H10Cl2N4O2/c16-9-3-1-2-8(10(9)17)11-13(6-18)12(20)21-15(14(11,13)7-19)22-4-5-23-15/h1-3,11H,4-5H2,(H2,20,21)/t11-,13+,14+/m0/s1. The highest BCUT2D eigenvalue weighted by Crippen LogP contribution is 2.82. The highest BCUT2D eigenvalue weighted by molar-refractivity contribution is 6.42. The van der Waals surface area contributed by atoms with Gasteiger partial charge in [0.2, 0.25) is 0 Å². The molecule has 1 aromatic rings. The average molecular weight is 349 g/mol. The van der Waals surface area contributed by atoms with Gasteiger partial charge in [0.15, 0.2) is 5.41 Å². The minimum absolute atomic E-state index is 0.0319. The summed E-state index contributed by atoms with van der Waals surface area (Å²) in [5.74, 6) is -2.14. The molecule has 6 nitrogen and oxygen atoms in total. The first kappa shape index (κ1) is 14.7. The van der Waals surface area contributed by atoms with E-state index < -0.39 is 22.7 Å². The molecule has 3 aliphatic rings. The van der Waals surface area contributed by atoms with Gasteiger partial charge in [0.1, 0.15) is 11.3 Å². The highest BCUT2D eigenvalue weighted by atomic mass is 35.5. The van der Waals surface area contributed by atoms with E-state index >= 15 is 0 Å². The highest BCUT2D eigenvalue weighted by Gasteiger charge is 2.94. The van der Waals surface area contributed by atoms with E-state index in [1.54, 1.807) is 18.2 Å². The van der Waals surface area contributed by atoms with Gasteiger partial charge in [-0.1, -0.05) is 35.3 Å². The quantitative estimate of drug-likeness (QED) is 0.837. The van der Waals surface area contributed by atoms with Gasteiger partial charge in [-0.25, -0.2) is 4.99 Å². The van der Waals surface area contributed by atoms with Crippen molar-refractivity contribution in [2.45, 2.75) is 11.8 Å². The van der Waals surface area contributed by atoms with Crippen molar-refractivity contribution in [2.24, 2.45) is 21.6 Å². The molecule has 23 heavy (non-hydrogen) atoms. The fourth-order valence-corrected chi connectivity index (χ4v) is 4.35. The minimum atomic E-state index is -1.56. The number of nitrogens with two attached hydrogens (primary N) is 1. The molecule has 0 radical (unpaired) electrons. The minimum Gasteiger partial charge on any atom is -0.386 e. The van der Waals surface area contributed by atoms with Crippen LogP contribution in [0.3, 0.4) is 0 Å². The van der Waals surface area contributed by atoms with Crippen LogP contribution >= 0.6 is 23.2 Å². The summed E-state index contributed by atoms with van der Waals surface area (Å²) < 4.78 is 11.3. The Hall–Kier alpha value is -1.83. The van der Waals surface area contributed by atoms with Crippen LogP contribution in [-0.2, 0) is 9.47 Å². The van der Waals surface area contributed by atoms with E-state index in [1.165, 1.54) is 0 Å². The largest absolute Gasteiger partial charge is 0.386 e. The van der Waals surface area contributed by atoms with Crippen molar-refractivity contribution in [3.8, 4) is 12.1 Å². The molecule has 2 heterocycles. The molecule has 2 aliphatic heterocycles. The molecule has 0 aromatic heterocycles. The number of fused-ring (bicyclic) bond motifs is 2. The molecule has 1 saturated heterocycles. The second-order valence-corrected chi connectivity index (χ2v) is 6.48. The fourth-order valence-electron chi connectivity index (χ4n) is 3.93. The van der Waals surface area contributed by atoms with Crippen LogP contribution in [0.1, 0.15) is 11.5 Å². The van der Waals surface area contributed by atoms with Crippen molar-refractivity contribution in [1.82, 2.24) is 0 Å². The Morgan fingerprint density at radius 2 is 1.91 bits per heavy atom. The predicted molar refractivity (Wildman–Crippen MR) is 81.6 cm³/mol. The van der Waals surface area contributed by atoms with Crippen LogP contribution in [0, 0.1) is 33.5 Å². The number of halogens is 2. The monoisotopic (exact) mass is 348 g/mol. The number of benzene rings is 1. The van der Waals surface area contributed by atoms with Crippen LogP contribution in [-0.4, -0.2) is 25.0 Å². The van der Waals surface area contributed by atoms with Gasteiger partial charge >= 0.3 is 0 Å². The molecule has 0 amide bonds. The van der Waals surface area contributed by atoms with Gasteiger partial charge in [-0.3, -0.25) is 0 Å². The number of amidine groups is 1. The summed E-state index contributed by atoms with van der Waals surface area (Å²) in [4.78, 5) is 4.19. The summed E-state index contributed by atoms with van der Waals surface area (Å²) in [6.45, 7) is 0.551. The Balaban J connectivity index is 1.97. The van der Waals surface area contributed by atoms with Gasteiger partial charge in [0.05, 0.1) is 35.4 Å². The van der Waals surface area contributed by atoms with Crippen LogP contribution in [0.5, 0.6) is 0 Å². The Morgan fingerprint density at radius 1 is 1.22 bits per heavy atom. The topological polar surface area (TPSA) is 104 Å². The Bertz CT molecular complexity index is 837. The number of rotatable bonds is 1. The first-order valence-electron chi connectivity index (χ1n) is 6.91. The van der Waals surface area contributed by atoms with E-state index in [0.717, 1.165) is 0 Å². The third kappa shape index (κ3) is 1.35. The number of hydrogen-bond acceptors (Lipinski definition) is 6. The van der Waals surface area contributed by atoms with Gasteiger partial charge in [0.25, 0.3) is 5.91 Å². The van der Waals surface area contributed by atoms with Crippen molar-refractivity contribution >= 4 is 29.0 Å². The van der Waals surface area contributed by atoms with E-state index in [4.69, 9.17) is 38.4 Å². The summed E-state index contributed by atoms with van der Waals surface area (Å²) in [5.41, 5.74) is 3.90. The molecule has 1 aromatic carbocycles. The van der Waals surface area contributed by atoms with E-state index in [2.05, 4.69) is 17.1 Å². The molecule has 3 atom stereocenters. The van der Waals surface area contributed by atoms with E-state index in [9.17, 15) is 10.5 Å². The SMILES string of the molecule is N#C[C@@]12C(N)=NC3(OCCO3)[C@]1(C#N)[C@H]2c1cccc(Cl)c1Cl. The molecule has 1 aliphatic carbocycles. The molecule has 0 unspecified atom stereocenters. The molecular weight excluding hydrogens is 339 g/mol. The van der Waals surface area contributed by atoms with Crippen molar-refractivity contribution < 1.29 is 9.47 Å². The van der Waals surface area contributed by atoms with Crippen LogP contribution in [0.15, 0.2) is 23.2 Å². The molecular formula is C15H10Cl2N4O2. The zero-order valence-electron chi connectivity index (χ0n) is 11.7. The lowest BCUT2D eigenvalue weighted by molar-refractivity contribution is -0.184. The zero-order valence-corrected chi connectivity index (χ0v) is 13.2. The summed E-state index contributed by atoms with van der Waals surface area (Å²) in [6, 6.07) is 9.44. The third-order valence-corrected chi connectivity index (χ3v) is 5.73. The molecule has 2 N–H and O–H groups in total. The first-order chi connectivity index (χ1) is 11.0. The van der Waals surface area contributed by atoms with E-state index in [0.29, 0.717) is 15.6 Å². The maximum Gasteiger partial charge on any atom is 0.293 e. The molecule has 0 bridgehead atoms. The van der Waals surface area contributed by atoms with Crippen LogP contribution in [0.2, 0.25) is 10.0 Å². The number of nitriles is 2. The maximum absolute atomic E-state index is 9.93. The predicted octanol–water partition coefficient (Wildman–Crippen LogP) is 2.18. The lowest BCUT2D eigenvalue weighted by atomic mass is 9.94. The van der Waals surface area contributed by atoms with Gasteiger partial charge in [0, 0.05) is 5.92 Å². The summed E-state index contributed by atoms with van der Waals surface area (Å²) in [6.07, 6.45) is 0. The zero-order chi connectivity index (χ0) is 16.5. The van der Waals surface area contributed by atoms with Crippen molar-refractivity contribution in [1.29, 1.82) is 10.5 Å². The second kappa shape index (κ2) is 4.37. The number of hydrogen-bond donors (Lipinski definition) is 1. The molecule has 2 fully saturated rings. The molecule has 4 rings (SSSR count). The van der Waals surface area contributed by atoms with Gasteiger partial charge in [-0.2, -0.15) is 10.5 Å². The van der Waals surface area contributed by atoms with Gasteiger partial charge < -0.3 is 15.2 Å². The van der Waals surface area contributed by atoms with Crippen molar-refractivity contribution in [3.05, 3.63) is 33.8 Å². The van der Waals surface area contributed by atoms with E-state index in [-0.39, 0.29) is 19.0 Å². The average Bonchev–Trinajstić information content (AvgIpc) is 2.78. The maximum atomic E-state index is 9.93. The first-order valence-corrected chi connectivity index (χ1v) is 7.66.